The van der Waals surface area contributed by atoms with Crippen molar-refractivity contribution in [1.29, 1.82) is 0 Å². The van der Waals surface area contributed by atoms with Crippen molar-refractivity contribution in [1.82, 2.24) is 0 Å². The van der Waals surface area contributed by atoms with Crippen LogP contribution in [0.25, 0.3) is 0 Å². The van der Waals surface area contributed by atoms with Gasteiger partial charge in [0.2, 0.25) is 0 Å². The molecule has 0 rings (SSSR count). The number of hydrogen-bond donors (Lipinski definition) is 9. The fourth-order valence-electron chi connectivity index (χ4n) is 0.655. The maximum atomic E-state index is 10.0. The fraction of sp³-hybridized carbons (Fsp3) is 0.833. The lowest BCUT2D eigenvalue weighted by Crippen LogP contribution is -2.28. The van der Waals surface area contributed by atoms with Crippen LogP contribution in [-0.2, 0) is 13.9 Å². The number of hydrogen-bond acceptors (Lipinski definition) is 5. The number of aliphatic carboxylic acids is 1. The molecule has 0 radical (unpaired) electrons. The fourth-order valence-corrected chi connectivity index (χ4v) is 0.655. The van der Waals surface area contributed by atoms with Gasteiger partial charge in [-0.05, 0) is 13.3 Å². The summed E-state index contributed by atoms with van der Waals surface area (Å²) in [4.78, 5) is 53.2. The number of carboxylic acids is 1. The van der Waals surface area contributed by atoms with Crippen LogP contribution < -0.4 is 0 Å². The van der Waals surface area contributed by atoms with Gasteiger partial charge in [-0.2, -0.15) is 0 Å². The molecule has 0 aliphatic heterocycles. The molecule has 9 N–H and O–H groups in total. The van der Waals surface area contributed by atoms with Crippen molar-refractivity contribution in [3.05, 3.63) is 0 Å². The van der Waals surface area contributed by atoms with Crippen molar-refractivity contribution in [2.24, 2.45) is 0 Å². The van der Waals surface area contributed by atoms with E-state index in [9.17, 15) is 4.79 Å². The summed E-state index contributed by atoms with van der Waals surface area (Å²) in [5.74, 6) is -1.06. The van der Waals surface area contributed by atoms with E-state index < -0.39 is 27.2 Å². The van der Waals surface area contributed by atoms with Crippen molar-refractivity contribution in [2.75, 3.05) is 6.61 Å². The van der Waals surface area contributed by atoms with Gasteiger partial charge in [-0.15, -0.1) is 0 Å². The average Bonchev–Trinajstić information content (AvgIpc) is 1.91. The summed E-state index contributed by atoms with van der Waals surface area (Å²) in [6, 6.07) is 0. The average molecular weight is 344 g/mol. The summed E-state index contributed by atoms with van der Waals surface area (Å²) in [5, 5.41) is 25.7. The normalized spacial score (nSPS) is 14.1. The molecule has 14 heteroatoms. The Morgan fingerprint density at radius 3 is 1.40 bits per heavy atom. The van der Waals surface area contributed by atoms with Crippen molar-refractivity contribution in [2.45, 2.75) is 25.4 Å². The van der Waals surface area contributed by atoms with Crippen LogP contribution in [0.15, 0.2) is 0 Å². The molecule has 12 nitrogen and oxygen atoms in total. The van der Waals surface area contributed by atoms with Crippen LogP contribution in [0.1, 0.15) is 19.8 Å². The van der Waals surface area contributed by atoms with Gasteiger partial charge in [0.25, 0.3) is 0 Å². The number of phosphoric acid groups is 2. The quantitative estimate of drug-likeness (QED) is 0.246. The first-order chi connectivity index (χ1) is 8.48. The Labute approximate surface area is 113 Å². The Morgan fingerprint density at radius 1 is 1.00 bits per heavy atom. The van der Waals surface area contributed by atoms with Crippen LogP contribution in [0.4, 0.5) is 0 Å². The molecule has 0 saturated heterocycles. The molecular formula is C6H18O12P2. The molecule has 124 valence electrons. The van der Waals surface area contributed by atoms with Crippen LogP contribution in [0, 0.1) is 0 Å². The maximum absolute atomic E-state index is 10.0. The van der Waals surface area contributed by atoms with Crippen LogP contribution in [0.3, 0.4) is 0 Å². The number of rotatable bonds is 4. The lowest BCUT2D eigenvalue weighted by molar-refractivity contribution is -0.142. The molecule has 0 unspecified atom stereocenters. The van der Waals surface area contributed by atoms with Gasteiger partial charge in [0, 0.05) is 6.61 Å². The number of aliphatic hydroxyl groups excluding tert-OH is 1. The monoisotopic (exact) mass is 344 g/mol. The van der Waals surface area contributed by atoms with Gasteiger partial charge in [-0.3, -0.25) is 4.79 Å². The minimum Gasteiger partial charge on any atom is -0.481 e. The van der Waals surface area contributed by atoms with Gasteiger partial charge in [0.05, 0.1) is 12.0 Å². The number of carbonyl (C=O) groups is 1. The van der Waals surface area contributed by atoms with Gasteiger partial charge in [-0.25, -0.2) is 9.13 Å². The summed E-state index contributed by atoms with van der Waals surface area (Å²) < 4.78 is 17.8. The molecule has 0 aromatic rings. The predicted molar refractivity (Wildman–Crippen MR) is 63.1 cm³/mol. The molecule has 0 bridgehead atoms. The van der Waals surface area contributed by atoms with E-state index in [4.69, 9.17) is 53.8 Å². The topological polar surface area (TPSA) is 233 Å². The van der Waals surface area contributed by atoms with Crippen LogP contribution >= 0.6 is 15.6 Å². The molecule has 0 aliphatic rings. The van der Waals surface area contributed by atoms with E-state index in [1.165, 1.54) is 6.92 Å². The van der Waals surface area contributed by atoms with Crippen LogP contribution in [0.5, 0.6) is 0 Å². The molecule has 0 aliphatic carbocycles. The maximum Gasteiger partial charge on any atom is 0.466 e. The highest BCUT2D eigenvalue weighted by atomic mass is 31.2. The van der Waals surface area contributed by atoms with E-state index in [1.54, 1.807) is 0 Å². The van der Waals surface area contributed by atoms with Crippen molar-refractivity contribution in [3.8, 4) is 0 Å². The minimum atomic E-state index is -4.64. The van der Waals surface area contributed by atoms with E-state index in [0.717, 1.165) is 0 Å². The first-order valence-electron chi connectivity index (χ1n) is 4.59. The predicted octanol–water partition coefficient (Wildman–Crippen LogP) is -2.26. The zero-order valence-electron chi connectivity index (χ0n) is 10.3. The minimum absolute atomic E-state index is 0.0965. The summed E-state index contributed by atoms with van der Waals surface area (Å²) in [7, 11) is -9.28. The molecule has 0 aromatic heterocycles. The summed E-state index contributed by atoms with van der Waals surface area (Å²) in [6.45, 7) is 1.19. The second-order valence-corrected chi connectivity index (χ2v) is 5.62. The van der Waals surface area contributed by atoms with Gasteiger partial charge in [0.1, 0.15) is 0 Å². The molecule has 0 aromatic carbocycles. The number of aliphatic hydroxyl groups is 2. The van der Waals surface area contributed by atoms with Crippen LogP contribution in [0.2, 0.25) is 0 Å². The zero-order valence-corrected chi connectivity index (χ0v) is 12.1. The molecule has 0 spiro atoms. The van der Waals surface area contributed by atoms with Crippen molar-refractivity contribution < 1.29 is 58.6 Å². The van der Waals surface area contributed by atoms with Gasteiger partial charge < -0.3 is 44.7 Å². The summed E-state index contributed by atoms with van der Waals surface area (Å²) in [5.41, 5.74) is -1.28. The van der Waals surface area contributed by atoms with Gasteiger partial charge in [0.15, 0.2) is 0 Å². The van der Waals surface area contributed by atoms with Gasteiger partial charge in [-0.1, -0.05) is 0 Å². The van der Waals surface area contributed by atoms with E-state index in [1.807, 2.05) is 0 Å². The third-order valence-corrected chi connectivity index (χ3v) is 1.18. The van der Waals surface area contributed by atoms with Crippen LogP contribution in [-0.4, -0.2) is 62.9 Å². The molecule has 0 heterocycles. The van der Waals surface area contributed by atoms with E-state index in [0.29, 0.717) is 0 Å². The molecule has 0 fully saturated rings. The highest BCUT2D eigenvalue weighted by Gasteiger charge is 2.22. The summed E-state index contributed by atoms with van der Waals surface area (Å²) in [6.07, 6.45) is -0.229. The van der Waals surface area contributed by atoms with E-state index in [2.05, 4.69) is 0 Å². The lowest BCUT2D eigenvalue weighted by Gasteiger charge is -2.18. The zero-order chi connectivity index (χ0) is 17.2. The Hall–Kier alpha value is -0.390. The Balaban J connectivity index is -0.000000244. The number of carboxylic acid groups (broad SMARTS) is 1. The third-order valence-electron chi connectivity index (χ3n) is 1.18. The lowest BCUT2D eigenvalue weighted by atomic mass is 9.99. The second kappa shape index (κ2) is 10.4. The first-order valence-corrected chi connectivity index (χ1v) is 7.72. The molecule has 1 atom stereocenters. The Bertz CT molecular complexity index is 316. The Morgan fingerprint density at radius 2 is 1.25 bits per heavy atom. The van der Waals surface area contributed by atoms with Crippen molar-refractivity contribution >= 4 is 21.6 Å². The summed E-state index contributed by atoms with van der Waals surface area (Å²) >= 11 is 0. The molecule has 0 amide bonds. The Kier molecular flexibility index (Phi) is 12.7. The SMILES string of the molecule is C[C@@](O)(CCO)CC(=O)O.O=P(O)(O)O.O=P(O)(O)O. The first kappa shape index (κ1) is 24.6. The highest BCUT2D eigenvalue weighted by Crippen LogP contribution is 2.26. The smallest absolute Gasteiger partial charge is 0.466 e. The third kappa shape index (κ3) is 65.5. The second-order valence-electron chi connectivity index (χ2n) is 3.57. The molecular weight excluding hydrogens is 326 g/mol. The van der Waals surface area contributed by atoms with Crippen molar-refractivity contribution in [3.63, 3.8) is 0 Å². The van der Waals surface area contributed by atoms with Gasteiger partial charge >= 0.3 is 21.6 Å². The van der Waals surface area contributed by atoms with E-state index in [-0.39, 0.29) is 19.4 Å². The standard InChI is InChI=1S/C6H12O4.2H3O4P/c1-6(10,2-3-7)4-5(8)9;2*1-5(2,3)4/h7,10H,2-4H2,1H3,(H,8,9);2*(H3,1,2,3,4)/t6-;;/m1../s1. The largest absolute Gasteiger partial charge is 0.481 e. The molecule has 0 saturated carbocycles. The highest BCUT2D eigenvalue weighted by molar-refractivity contribution is 7.45. The molecule has 20 heavy (non-hydrogen) atoms. The van der Waals surface area contributed by atoms with E-state index >= 15 is 0 Å².